The van der Waals surface area contributed by atoms with Gasteiger partial charge >= 0.3 is 0 Å². The molecule has 0 bridgehead atoms. The van der Waals surface area contributed by atoms with Crippen molar-refractivity contribution in [1.82, 2.24) is 0 Å². The molecule has 0 rings (SSSR count). The van der Waals surface area contributed by atoms with E-state index >= 15 is 0 Å². The smallest absolute Gasteiger partial charge is 0.0563 e. The molecular weight excluding hydrogens is 468 g/mol. The maximum Gasteiger partial charge on any atom is 0.0563 e. The second-order valence-electron chi connectivity index (χ2n) is 12.8. The lowest BCUT2D eigenvalue weighted by atomic mass is 10.0. The Hall–Kier alpha value is -0.120. The van der Waals surface area contributed by atoms with Gasteiger partial charge in [-0.1, -0.05) is 154 Å². The zero-order valence-corrected chi connectivity index (χ0v) is 28.0. The molecule has 0 spiro atoms. The molecule has 3 nitrogen and oxygen atoms in total. The molecule has 0 aliphatic heterocycles. The molecule has 0 aliphatic rings. The zero-order valence-electron chi connectivity index (χ0n) is 28.0. The van der Waals surface area contributed by atoms with Gasteiger partial charge in [-0.15, -0.1) is 0 Å². The van der Waals surface area contributed by atoms with Crippen molar-refractivity contribution in [2.75, 3.05) is 0 Å². The predicted molar refractivity (Wildman–Crippen MR) is 176 cm³/mol. The summed E-state index contributed by atoms with van der Waals surface area (Å²) in [6, 6.07) is 0. The minimum atomic E-state index is -0.104. The van der Waals surface area contributed by atoms with Gasteiger partial charge in [-0.25, -0.2) is 0 Å². The number of aliphatic hydroxyl groups excluding tert-OH is 3. The minimum absolute atomic E-state index is 0. The standard InChI is InChI=1S/C9H20O.C9H20.2C8H18O.CH4/c1-8(2)6-4-5-7-9(3)10;1-4-5-6-7-8-9(2)3;1-4-5-8(9)6-7(2)3;1-4-5-6-8(9)7(2)3;/h8-10H,4-7H2,1-3H3;9H,4-8H2,1-3H3;2*7-9H,4-6H2,1-3H3;1H4. The number of aliphatic hydroxyl groups is 3. The van der Waals surface area contributed by atoms with Gasteiger partial charge in [-0.3, -0.25) is 0 Å². The van der Waals surface area contributed by atoms with E-state index in [4.69, 9.17) is 5.11 Å². The highest BCUT2D eigenvalue weighted by Crippen LogP contribution is 2.11. The van der Waals surface area contributed by atoms with Crippen LogP contribution in [0.5, 0.6) is 0 Å². The van der Waals surface area contributed by atoms with Crippen LogP contribution >= 0.6 is 0 Å². The van der Waals surface area contributed by atoms with E-state index in [-0.39, 0.29) is 25.7 Å². The summed E-state index contributed by atoms with van der Waals surface area (Å²) in [7, 11) is 0. The maximum absolute atomic E-state index is 9.26. The SMILES string of the molecule is C.CC(C)CCCCC(C)O.CCCC(O)CC(C)C.CCCCC(O)C(C)C.CCCCCCC(C)C. The maximum atomic E-state index is 9.26. The Labute approximate surface area is 244 Å². The predicted octanol–water partition coefficient (Wildman–Crippen LogP) is 11.2. The van der Waals surface area contributed by atoms with Gasteiger partial charge in [0.2, 0.25) is 0 Å². The highest BCUT2D eigenvalue weighted by Gasteiger charge is 2.06. The Kier molecular flexibility index (Phi) is 46.3. The molecular formula is C35H80O3. The highest BCUT2D eigenvalue weighted by atomic mass is 16.3. The number of rotatable bonds is 18. The van der Waals surface area contributed by atoms with E-state index < -0.39 is 0 Å². The van der Waals surface area contributed by atoms with Crippen LogP contribution in [0.1, 0.15) is 187 Å². The molecule has 0 heterocycles. The van der Waals surface area contributed by atoms with Gasteiger partial charge in [0.1, 0.15) is 0 Å². The van der Waals surface area contributed by atoms with Gasteiger partial charge < -0.3 is 15.3 Å². The van der Waals surface area contributed by atoms with Crippen molar-refractivity contribution in [2.45, 2.75) is 205 Å². The van der Waals surface area contributed by atoms with Crippen molar-refractivity contribution in [2.24, 2.45) is 23.7 Å². The number of hydrogen-bond donors (Lipinski definition) is 3. The van der Waals surface area contributed by atoms with E-state index in [1.54, 1.807) is 0 Å². The van der Waals surface area contributed by atoms with Gasteiger partial charge in [0, 0.05) is 0 Å². The second kappa shape index (κ2) is 36.9. The minimum Gasteiger partial charge on any atom is -0.393 e. The van der Waals surface area contributed by atoms with Crippen molar-refractivity contribution in [3.63, 3.8) is 0 Å². The van der Waals surface area contributed by atoms with E-state index in [1.165, 1.54) is 57.8 Å². The van der Waals surface area contributed by atoms with E-state index in [9.17, 15) is 10.2 Å². The summed E-state index contributed by atoms with van der Waals surface area (Å²) in [5.74, 6) is 2.78. The summed E-state index contributed by atoms with van der Waals surface area (Å²) in [5, 5.41) is 27.4. The van der Waals surface area contributed by atoms with Gasteiger partial charge in [0.05, 0.1) is 18.3 Å². The molecule has 238 valence electrons. The lowest BCUT2D eigenvalue weighted by molar-refractivity contribution is 0.114. The molecule has 0 aromatic heterocycles. The third-order valence-corrected chi connectivity index (χ3v) is 6.28. The largest absolute Gasteiger partial charge is 0.393 e. The van der Waals surface area contributed by atoms with Crippen LogP contribution < -0.4 is 0 Å². The van der Waals surface area contributed by atoms with Crippen LogP contribution in [-0.2, 0) is 0 Å². The van der Waals surface area contributed by atoms with Crippen LogP contribution in [0, 0.1) is 23.7 Å². The fourth-order valence-corrected chi connectivity index (χ4v) is 3.71. The van der Waals surface area contributed by atoms with E-state index in [0.717, 1.165) is 50.4 Å². The normalized spacial score (nSPS) is 13.0. The zero-order chi connectivity index (χ0) is 29.6. The topological polar surface area (TPSA) is 60.7 Å². The summed E-state index contributed by atoms with van der Waals surface area (Å²) in [6.07, 6.45) is 17.8. The monoisotopic (exact) mass is 549 g/mol. The lowest BCUT2D eigenvalue weighted by Gasteiger charge is -2.12. The summed E-state index contributed by atoms with van der Waals surface area (Å²) >= 11 is 0. The number of hydrogen-bond acceptors (Lipinski definition) is 3. The first-order chi connectivity index (χ1) is 17.2. The van der Waals surface area contributed by atoms with Crippen LogP contribution in [0.2, 0.25) is 0 Å². The molecule has 3 N–H and O–H groups in total. The molecule has 0 fully saturated rings. The van der Waals surface area contributed by atoms with Crippen LogP contribution in [-0.4, -0.2) is 33.6 Å². The summed E-state index contributed by atoms with van der Waals surface area (Å²) < 4.78 is 0. The Balaban J connectivity index is -0.000000126. The van der Waals surface area contributed by atoms with E-state index in [1.807, 2.05) is 6.92 Å². The second-order valence-corrected chi connectivity index (χ2v) is 12.8. The quantitative estimate of drug-likeness (QED) is 0.149. The van der Waals surface area contributed by atoms with Gasteiger partial charge in [0.25, 0.3) is 0 Å². The van der Waals surface area contributed by atoms with Crippen molar-refractivity contribution in [1.29, 1.82) is 0 Å². The Morgan fingerprint density at radius 2 is 0.895 bits per heavy atom. The van der Waals surface area contributed by atoms with Crippen molar-refractivity contribution >= 4 is 0 Å². The van der Waals surface area contributed by atoms with Crippen molar-refractivity contribution in [3.05, 3.63) is 0 Å². The van der Waals surface area contributed by atoms with Gasteiger partial charge in [-0.05, 0) is 56.3 Å². The Bertz CT molecular complexity index is 367. The fraction of sp³-hybridized carbons (Fsp3) is 1.00. The average molecular weight is 549 g/mol. The first kappa shape index (κ1) is 47.7. The molecule has 0 saturated heterocycles. The van der Waals surface area contributed by atoms with Gasteiger partial charge in [-0.2, -0.15) is 0 Å². The van der Waals surface area contributed by atoms with Gasteiger partial charge in [0.15, 0.2) is 0 Å². The molecule has 0 radical (unpaired) electrons. The average Bonchev–Trinajstić information content (AvgIpc) is 2.78. The lowest BCUT2D eigenvalue weighted by Crippen LogP contribution is -2.13. The summed E-state index contributed by atoms with van der Waals surface area (Å²) in [6.45, 7) is 25.8. The molecule has 0 saturated carbocycles. The Morgan fingerprint density at radius 3 is 1.24 bits per heavy atom. The fourth-order valence-electron chi connectivity index (χ4n) is 3.71. The molecule has 0 aromatic carbocycles. The van der Waals surface area contributed by atoms with E-state index in [0.29, 0.717) is 11.8 Å². The molecule has 38 heavy (non-hydrogen) atoms. The van der Waals surface area contributed by atoms with Crippen LogP contribution in [0.3, 0.4) is 0 Å². The molecule has 0 aliphatic carbocycles. The van der Waals surface area contributed by atoms with Crippen LogP contribution in [0.4, 0.5) is 0 Å². The first-order valence-corrected chi connectivity index (χ1v) is 16.3. The van der Waals surface area contributed by atoms with E-state index in [2.05, 4.69) is 76.2 Å². The van der Waals surface area contributed by atoms with Crippen LogP contribution in [0.15, 0.2) is 0 Å². The molecule has 0 aromatic rings. The third kappa shape index (κ3) is 56.2. The van der Waals surface area contributed by atoms with Crippen molar-refractivity contribution < 1.29 is 15.3 Å². The molecule has 3 atom stereocenters. The molecule has 0 amide bonds. The van der Waals surface area contributed by atoms with Crippen LogP contribution in [0.25, 0.3) is 0 Å². The highest BCUT2D eigenvalue weighted by molar-refractivity contribution is 4.58. The third-order valence-electron chi connectivity index (χ3n) is 6.28. The first-order valence-electron chi connectivity index (χ1n) is 16.3. The number of unbranched alkanes of at least 4 members (excludes halogenated alkanes) is 5. The Morgan fingerprint density at radius 1 is 0.447 bits per heavy atom. The summed E-state index contributed by atoms with van der Waals surface area (Å²) in [5.41, 5.74) is 0. The molecule has 3 heteroatoms. The molecule has 3 unspecified atom stereocenters. The van der Waals surface area contributed by atoms with Crippen molar-refractivity contribution in [3.8, 4) is 0 Å². The summed E-state index contributed by atoms with van der Waals surface area (Å²) in [4.78, 5) is 0.